The van der Waals surface area contributed by atoms with Gasteiger partial charge in [-0.15, -0.1) is 0 Å². The van der Waals surface area contributed by atoms with Crippen LogP contribution in [0.15, 0.2) is 34.8 Å². The summed E-state index contributed by atoms with van der Waals surface area (Å²) < 4.78 is 72.8. The van der Waals surface area contributed by atoms with Crippen LogP contribution in [0.3, 0.4) is 0 Å². The van der Waals surface area contributed by atoms with Crippen molar-refractivity contribution >= 4 is 50.2 Å². The molecule has 1 unspecified atom stereocenters. The van der Waals surface area contributed by atoms with Crippen LogP contribution >= 0.6 is 27.5 Å². The molecular formula is C21H20BrClF5N3O. The van der Waals surface area contributed by atoms with Crippen molar-refractivity contribution in [1.82, 2.24) is 9.55 Å². The molecule has 1 aromatic heterocycles. The van der Waals surface area contributed by atoms with Crippen LogP contribution < -0.4 is 4.90 Å². The predicted molar refractivity (Wildman–Crippen MR) is 118 cm³/mol. The number of hydrogen-bond acceptors (Lipinski definition) is 3. The van der Waals surface area contributed by atoms with Gasteiger partial charge in [0.25, 0.3) is 0 Å². The van der Waals surface area contributed by atoms with Gasteiger partial charge < -0.3 is 14.2 Å². The molecule has 1 atom stereocenters. The Balaban J connectivity index is 2.27. The van der Waals surface area contributed by atoms with Crippen molar-refractivity contribution in [3.05, 3.63) is 51.0 Å². The molecule has 3 rings (SSSR count). The lowest BCUT2D eigenvalue weighted by molar-refractivity contribution is -0.276. The predicted octanol–water partition coefficient (Wildman–Crippen LogP) is 7.69. The molecule has 0 aliphatic heterocycles. The fourth-order valence-electron chi connectivity index (χ4n) is 3.66. The molecule has 11 heteroatoms. The molecule has 4 nitrogen and oxygen atoms in total. The zero-order valence-corrected chi connectivity index (χ0v) is 19.7. The van der Waals surface area contributed by atoms with E-state index in [2.05, 4.69) is 25.7 Å². The number of benzene rings is 2. The van der Waals surface area contributed by atoms with Crippen molar-refractivity contribution < 1.29 is 26.7 Å². The van der Waals surface area contributed by atoms with Crippen molar-refractivity contribution in [1.29, 1.82) is 0 Å². The molecule has 0 N–H and O–H groups in total. The van der Waals surface area contributed by atoms with Crippen LogP contribution in [-0.4, -0.2) is 28.9 Å². The van der Waals surface area contributed by atoms with Crippen LogP contribution in [-0.2, 0) is 11.8 Å². The minimum absolute atomic E-state index is 0.0219. The Hall–Kier alpha value is -1.91. The van der Waals surface area contributed by atoms with Gasteiger partial charge in [-0.05, 0) is 43.2 Å². The van der Waals surface area contributed by atoms with Gasteiger partial charge in [-0.25, -0.2) is 4.98 Å². The van der Waals surface area contributed by atoms with Gasteiger partial charge >= 0.3 is 12.8 Å². The molecule has 0 fully saturated rings. The molecule has 0 spiro atoms. The topological polar surface area (TPSA) is 30.3 Å². The summed E-state index contributed by atoms with van der Waals surface area (Å²) in [6.07, 6.45) is -7.18. The van der Waals surface area contributed by atoms with Gasteiger partial charge in [0.05, 0.1) is 10.5 Å². The van der Waals surface area contributed by atoms with E-state index in [0.29, 0.717) is 12.5 Å². The average Bonchev–Trinajstić information content (AvgIpc) is 3.03. The average molecular weight is 541 g/mol. The number of aromatic nitrogens is 2. The molecule has 2 aromatic carbocycles. The van der Waals surface area contributed by atoms with Crippen molar-refractivity contribution in [2.75, 3.05) is 11.4 Å². The highest BCUT2D eigenvalue weighted by atomic mass is 79.9. The van der Waals surface area contributed by atoms with Gasteiger partial charge in [0.1, 0.15) is 5.52 Å². The Morgan fingerprint density at radius 1 is 1.22 bits per heavy atom. The summed E-state index contributed by atoms with van der Waals surface area (Å²) in [4.78, 5) is 6.37. The maximum Gasteiger partial charge on any atom is 0.419 e. The Morgan fingerprint density at radius 2 is 1.91 bits per heavy atom. The fourth-order valence-corrected chi connectivity index (χ4v) is 4.33. The number of ether oxygens (including phenoxy) is 1. The van der Waals surface area contributed by atoms with E-state index in [-0.39, 0.29) is 16.1 Å². The molecule has 0 radical (unpaired) electrons. The summed E-state index contributed by atoms with van der Waals surface area (Å²) in [6.45, 7) is 0.767. The third-order valence-corrected chi connectivity index (χ3v) is 5.74. The van der Waals surface area contributed by atoms with E-state index in [4.69, 9.17) is 11.6 Å². The second kappa shape index (κ2) is 9.52. The minimum atomic E-state index is -5.06. The Labute approximate surface area is 195 Å². The first-order valence-electron chi connectivity index (χ1n) is 9.64. The van der Waals surface area contributed by atoms with E-state index < -0.39 is 24.5 Å². The number of alkyl halides is 5. The summed E-state index contributed by atoms with van der Waals surface area (Å²) in [5, 5.41) is 0.104. The summed E-state index contributed by atoms with van der Waals surface area (Å²) in [7, 11) is 1.52. The molecule has 0 aliphatic rings. The summed E-state index contributed by atoms with van der Waals surface area (Å²) >= 11 is 9.67. The second-order valence-electron chi connectivity index (χ2n) is 7.21. The Bertz CT molecular complexity index is 1120. The third-order valence-electron chi connectivity index (χ3n) is 4.94. The lowest BCUT2D eigenvalue weighted by Crippen LogP contribution is -2.26. The Kier molecular flexibility index (Phi) is 7.36. The van der Waals surface area contributed by atoms with Crippen molar-refractivity contribution in [2.24, 2.45) is 7.05 Å². The van der Waals surface area contributed by atoms with E-state index in [0.717, 1.165) is 28.2 Å². The monoisotopic (exact) mass is 539 g/mol. The number of anilines is 2. The fraction of sp³-hybridized carbons (Fsp3) is 0.381. The standard InChI is InChI=1S/C21H20BrClF5N3O/c1-4-9-31(15-8-5-12(22)10-11(15)2)20-29-16-14(23)7-6-13(17(16)30(20)3)18(21(26,27)28)32-19(24)25/h5-8,10,18-19H,4,9H2,1-3H3. The molecule has 32 heavy (non-hydrogen) atoms. The van der Waals surface area contributed by atoms with E-state index in [1.807, 2.05) is 36.9 Å². The maximum absolute atomic E-state index is 13.6. The zero-order valence-electron chi connectivity index (χ0n) is 17.4. The lowest BCUT2D eigenvalue weighted by atomic mass is 10.1. The van der Waals surface area contributed by atoms with Crippen molar-refractivity contribution in [3.63, 3.8) is 0 Å². The molecule has 0 saturated heterocycles. The van der Waals surface area contributed by atoms with E-state index in [9.17, 15) is 22.0 Å². The lowest BCUT2D eigenvalue weighted by Gasteiger charge is -2.26. The highest BCUT2D eigenvalue weighted by Gasteiger charge is 2.45. The van der Waals surface area contributed by atoms with Gasteiger partial charge in [-0.3, -0.25) is 0 Å². The number of fused-ring (bicyclic) bond motifs is 1. The first-order chi connectivity index (χ1) is 15.0. The molecule has 0 amide bonds. The highest BCUT2D eigenvalue weighted by molar-refractivity contribution is 9.10. The first-order valence-corrected chi connectivity index (χ1v) is 10.8. The van der Waals surface area contributed by atoms with Crippen LogP contribution in [0.4, 0.5) is 33.6 Å². The number of aryl methyl sites for hydroxylation is 2. The molecule has 0 saturated carbocycles. The van der Waals surface area contributed by atoms with Gasteiger partial charge in [0, 0.05) is 29.3 Å². The van der Waals surface area contributed by atoms with Crippen LogP contribution in [0.2, 0.25) is 5.02 Å². The van der Waals surface area contributed by atoms with E-state index in [1.54, 1.807) is 0 Å². The maximum atomic E-state index is 13.6. The van der Waals surface area contributed by atoms with Crippen molar-refractivity contribution in [2.45, 2.75) is 39.2 Å². The quantitative estimate of drug-likeness (QED) is 0.288. The number of imidazole rings is 1. The molecule has 1 heterocycles. The van der Waals surface area contributed by atoms with E-state index >= 15 is 0 Å². The van der Waals surface area contributed by atoms with Crippen LogP contribution in [0, 0.1) is 6.92 Å². The zero-order chi connectivity index (χ0) is 23.8. The molecule has 3 aromatic rings. The van der Waals surface area contributed by atoms with Gasteiger partial charge in [-0.1, -0.05) is 40.5 Å². The highest BCUT2D eigenvalue weighted by Crippen LogP contribution is 2.43. The number of rotatable bonds is 7. The van der Waals surface area contributed by atoms with Crippen LogP contribution in [0.1, 0.15) is 30.6 Å². The van der Waals surface area contributed by atoms with Crippen molar-refractivity contribution in [3.8, 4) is 0 Å². The normalized spacial score (nSPS) is 13.2. The molecule has 174 valence electrons. The van der Waals surface area contributed by atoms with Gasteiger partial charge in [-0.2, -0.15) is 22.0 Å². The molecule has 0 aliphatic carbocycles. The van der Waals surface area contributed by atoms with Crippen LogP contribution in [0.25, 0.3) is 11.0 Å². The smallest absolute Gasteiger partial charge is 0.313 e. The minimum Gasteiger partial charge on any atom is -0.313 e. The molecular weight excluding hydrogens is 521 g/mol. The second-order valence-corrected chi connectivity index (χ2v) is 8.53. The SMILES string of the molecule is CCCN(c1ccc(Br)cc1C)c1nc2c(Cl)ccc(C(OC(F)F)C(F)(F)F)c2n1C. The van der Waals surface area contributed by atoms with Crippen LogP contribution in [0.5, 0.6) is 0 Å². The van der Waals surface area contributed by atoms with Gasteiger partial charge in [0.15, 0.2) is 6.10 Å². The van der Waals surface area contributed by atoms with Gasteiger partial charge in [0.2, 0.25) is 5.95 Å². The number of hydrogen-bond donors (Lipinski definition) is 0. The molecule has 0 bridgehead atoms. The first kappa shape index (κ1) is 24.7. The number of halogens is 7. The summed E-state index contributed by atoms with van der Waals surface area (Å²) in [5.74, 6) is 0.333. The Morgan fingerprint density at radius 3 is 2.47 bits per heavy atom. The number of nitrogens with zero attached hydrogens (tertiary/aromatic N) is 3. The summed E-state index contributed by atoms with van der Waals surface area (Å²) in [5.41, 5.74) is 1.29. The largest absolute Gasteiger partial charge is 0.419 e. The van der Waals surface area contributed by atoms with E-state index in [1.165, 1.54) is 17.7 Å². The summed E-state index contributed by atoms with van der Waals surface area (Å²) in [6, 6.07) is 7.89. The third kappa shape index (κ3) is 4.87.